The molecule has 1 saturated carbocycles. The third kappa shape index (κ3) is 4.43. The van der Waals surface area contributed by atoms with Gasteiger partial charge in [0.15, 0.2) is 15.6 Å². The summed E-state index contributed by atoms with van der Waals surface area (Å²) in [6.07, 6.45) is 7.26. The minimum Gasteiger partial charge on any atom is -0.459 e. The molecule has 10 heteroatoms. The lowest BCUT2D eigenvalue weighted by Crippen LogP contribution is -2.49. The molecule has 28 heavy (non-hydrogen) atoms. The minimum absolute atomic E-state index is 0.0586. The van der Waals surface area contributed by atoms with E-state index < -0.39 is 9.84 Å². The van der Waals surface area contributed by atoms with Gasteiger partial charge in [-0.05, 0) is 31.4 Å². The van der Waals surface area contributed by atoms with Crippen molar-refractivity contribution in [3.63, 3.8) is 0 Å². The predicted octanol–water partition coefficient (Wildman–Crippen LogP) is 2.77. The summed E-state index contributed by atoms with van der Waals surface area (Å²) in [6, 6.07) is 3.36. The van der Waals surface area contributed by atoms with E-state index in [0.29, 0.717) is 17.4 Å². The first kappa shape index (κ1) is 19.5. The maximum absolute atomic E-state index is 13.1. The van der Waals surface area contributed by atoms with Crippen LogP contribution >= 0.6 is 11.8 Å². The van der Waals surface area contributed by atoms with Crippen molar-refractivity contribution in [2.75, 3.05) is 17.3 Å². The summed E-state index contributed by atoms with van der Waals surface area (Å²) in [6.45, 7) is 0. The number of rotatable bonds is 6. The van der Waals surface area contributed by atoms with E-state index in [4.69, 9.17) is 8.83 Å². The number of thioether (sulfide) groups is 1. The van der Waals surface area contributed by atoms with Crippen LogP contribution in [0.2, 0.25) is 0 Å². The van der Waals surface area contributed by atoms with Crippen LogP contribution < -0.4 is 0 Å². The molecular weight excluding hydrogens is 402 g/mol. The monoisotopic (exact) mass is 425 g/mol. The normalized spacial score (nSPS) is 22.4. The average molecular weight is 426 g/mol. The van der Waals surface area contributed by atoms with Gasteiger partial charge in [-0.1, -0.05) is 31.0 Å². The summed E-state index contributed by atoms with van der Waals surface area (Å²) in [7, 11) is -3.05. The number of furan rings is 1. The number of hydrogen-bond donors (Lipinski definition) is 0. The van der Waals surface area contributed by atoms with Gasteiger partial charge in [0.05, 0.1) is 23.5 Å². The van der Waals surface area contributed by atoms with Crippen LogP contribution in [0.3, 0.4) is 0 Å². The van der Waals surface area contributed by atoms with Gasteiger partial charge in [-0.25, -0.2) is 8.42 Å². The van der Waals surface area contributed by atoms with Crippen LogP contribution in [0.15, 0.2) is 32.5 Å². The molecule has 0 aromatic carbocycles. The Bertz CT molecular complexity index is 904. The number of carbonyl (C=O) groups is 1. The molecule has 4 rings (SSSR count). The molecule has 8 nitrogen and oxygen atoms in total. The molecule has 1 unspecified atom stereocenters. The molecule has 1 amide bonds. The van der Waals surface area contributed by atoms with E-state index in [2.05, 4.69) is 10.2 Å². The van der Waals surface area contributed by atoms with Gasteiger partial charge in [0, 0.05) is 12.1 Å². The van der Waals surface area contributed by atoms with Crippen LogP contribution in [0, 0.1) is 0 Å². The molecule has 3 heterocycles. The Morgan fingerprint density at radius 3 is 2.68 bits per heavy atom. The van der Waals surface area contributed by atoms with Gasteiger partial charge in [0.1, 0.15) is 0 Å². The third-order valence-corrected chi connectivity index (χ3v) is 7.87. The van der Waals surface area contributed by atoms with Gasteiger partial charge >= 0.3 is 0 Å². The van der Waals surface area contributed by atoms with E-state index in [0.717, 1.165) is 25.7 Å². The largest absolute Gasteiger partial charge is 0.459 e. The molecule has 0 spiro atoms. The van der Waals surface area contributed by atoms with E-state index >= 15 is 0 Å². The van der Waals surface area contributed by atoms with Gasteiger partial charge in [-0.2, -0.15) is 0 Å². The fourth-order valence-corrected chi connectivity index (χ4v) is 6.37. The van der Waals surface area contributed by atoms with Gasteiger partial charge in [-0.3, -0.25) is 4.79 Å². The third-order valence-electron chi connectivity index (χ3n) is 5.32. The van der Waals surface area contributed by atoms with Crippen molar-refractivity contribution in [3.05, 3.63) is 18.4 Å². The standard InChI is InChI=1S/C18H23N3O5S2/c22-16(11-27-18-20-19-17(26-18)15-7-4-9-25-15)21(13-5-2-1-3-6-13)14-8-10-28(23,24)12-14/h4,7,9,13-14H,1-3,5-6,8,10-12H2. The minimum atomic E-state index is -3.05. The first-order valence-electron chi connectivity index (χ1n) is 9.53. The lowest BCUT2D eigenvalue weighted by atomic mass is 9.93. The topological polar surface area (TPSA) is 107 Å². The molecule has 152 valence electrons. The zero-order valence-electron chi connectivity index (χ0n) is 15.5. The zero-order valence-corrected chi connectivity index (χ0v) is 17.1. The zero-order chi connectivity index (χ0) is 19.6. The van der Waals surface area contributed by atoms with E-state index in [9.17, 15) is 13.2 Å². The van der Waals surface area contributed by atoms with Crippen LogP contribution in [0.1, 0.15) is 38.5 Å². The maximum atomic E-state index is 13.1. The van der Waals surface area contributed by atoms with Crippen molar-refractivity contribution in [1.29, 1.82) is 0 Å². The first-order valence-corrected chi connectivity index (χ1v) is 12.3. The Labute approximate surface area is 168 Å². The van der Waals surface area contributed by atoms with Gasteiger partial charge in [-0.15, -0.1) is 10.2 Å². The lowest BCUT2D eigenvalue weighted by Gasteiger charge is -2.38. The van der Waals surface area contributed by atoms with E-state index in [1.165, 1.54) is 24.4 Å². The van der Waals surface area contributed by atoms with Crippen molar-refractivity contribution < 1.29 is 22.0 Å². The highest BCUT2D eigenvalue weighted by molar-refractivity contribution is 7.99. The maximum Gasteiger partial charge on any atom is 0.284 e. The number of hydrogen-bond acceptors (Lipinski definition) is 8. The van der Waals surface area contributed by atoms with Crippen molar-refractivity contribution in [3.8, 4) is 11.7 Å². The highest BCUT2D eigenvalue weighted by Crippen LogP contribution is 2.30. The summed E-state index contributed by atoms with van der Waals surface area (Å²) < 4.78 is 34.7. The number of sulfone groups is 1. The number of amides is 1. The SMILES string of the molecule is O=C(CSc1nnc(-c2ccco2)o1)N(C1CCCCC1)C1CCS(=O)(=O)C1. The number of aromatic nitrogens is 2. The van der Waals surface area contributed by atoms with Crippen LogP contribution in [-0.4, -0.2) is 58.8 Å². The van der Waals surface area contributed by atoms with Gasteiger partial charge in [0.2, 0.25) is 5.91 Å². The Hall–Kier alpha value is -1.81. The van der Waals surface area contributed by atoms with Gasteiger partial charge < -0.3 is 13.7 Å². The molecule has 2 aliphatic rings. The quantitative estimate of drug-likeness (QED) is 0.650. The molecule has 2 aromatic rings. The summed E-state index contributed by atoms with van der Waals surface area (Å²) in [5, 5.41) is 8.18. The molecule has 0 bridgehead atoms. The van der Waals surface area contributed by atoms with Crippen molar-refractivity contribution in [1.82, 2.24) is 15.1 Å². The van der Waals surface area contributed by atoms with E-state index in [1.807, 2.05) is 4.90 Å². The summed E-state index contributed by atoms with van der Waals surface area (Å²) in [5.74, 6) is 1.07. The summed E-state index contributed by atoms with van der Waals surface area (Å²) >= 11 is 1.18. The first-order chi connectivity index (χ1) is 13.5. The van der Waals surface area contributed by atoms with Crippen LogP contribution in [0.4, 0.5) is 0 Å². The second-order valence-electron chi connectivity index (χ2n) is 7.29. The molecule has 1 aliphatic carbocycles. The second kappa shape index (κ2) is 8.28. The molecule has 1 aliphatic heterocycles. The highest BCUT2D eigenvalue weighted by Gasteiger charge is 2.38. The molecular formula is C18H23N3O5S2. The Kier molecular flexibility index (Phi) is 5.77. The van der Waals surface area contributed by atoms with Crippen molar-refractivity contribution in [2.45, 2.75) is 55.8 Å². The molecule has 0 N–H and O–H groups in total. The van der Waals surface area contributed by atoms with E-state index in [1.54, 1.807) is 12.1 Å². The average Bonchev–Trinajstić information content (AvgIpc) is 3.42. The fraction of sp³-hybridized carbons (Fsp3) is 0.611. The van der Waals surface area contributed by atoms with Crippen LogP contribution in [0.5, 0.6) is 0 Å². The molecule has 1 saturated heterocycles. The highest BCUT2D eigenvalue weighted by atomic mass is 32.2. The van der Waals surface area contributed by atoms with Crippen LogP contribution in [0.25, 0.3) is 11.7 Å². The smallest absolute Gasteiger partial charge is 0.284 e. The number of nitrogens with zero attached hydrogens (tertiary/aromatic N) is 3. The Morgan fingerprint density at radius 2 is 2.00 bits per heavy atom. The molecule has 2 fully saturated rings. The Morgan fingerprint density at radius 1 is 1.18 bits per heavy atom. The number of carbonyl (C=O) groups excluding carboxylic acids is 1. The van der Waals surface area contributed by atoms with Crippen molar-refractivity contribution in [2.24, 2.45) is 0 Å². The Balaban J connectivity index is 1.43. The van der Waals surface area contributed by atoms with E-state index in [-0.39, 0.29) is 41.1 Å². The summed E-state index contributed by atoms with van der Waals surface area (Å²) in [4.78, 5) is 14.9. The van der Waals surface area contributed by atoms with Crippen LogP contribution in [-0.2, 0) is 14.6 Å². The second-order valence-corrected chi connectivity index (χ2v) is 10.4. The molecule has 2 aromatic heterocycles. The van der Waals surface area contributed by atoms with Crippen molar-refractivity contribution >= 4 is 27.5 Å². The fourth-order valence-electron chi connectivity index (χ4n) is 4.03. The molecule has 0 radical (unpaired) electrons. The summed E-state index contributed by atoms with van der Waals surface area (Å²) in [5.41, 5.74) is 0. The van der Waals surface area contributed by atoms with Gasteiger partial charge in [0.25, 0.3) is 11.1 Å². The molecule has 1 atom stereocenters. The lowest BCUT2D eigenvalue weighted by molar-refractivity contribution is -0.133. The predicted molar refractivity (Wildman–Crippen MR) is 104 cm³/mol.